The van der Waals surface area contributed by atoms with E-state index in [0.717, 1.165) is 37.6 Å². The molecule has 20 heavy (non-hydrogen) atoms. The van der Waals surface area contributed by atoms with Crippen molar-refractivity contribution < 1.29 is 4.79 Å². The highest BCUT2D eigenvalue weighted by molar-refractivity contribution is 6.18. The van der Waals surface area contributed by atoms with Gasteiger partial charge in [-0.15, -0.1) is 11.6 Å². The fourth-order valence-electron chi connectivity index (χ4n) is 6.54. The molecule has 2 nitrogen and oxygen atoms in total. The number of carbonyl (C=O) groups is 1. The van der Waals surface area contributed by atoms with Crippen LogP contribution in [0.5, 0.6) is 0 Å². The van der Waals surface area contributed by atoms with Gasteiger partial charge in [0.25, 0.3) is 0 Å². The Morgan fingerprint density at radius 1 is 1.25 bits per heavy atom. The number of amides is 1. The van der Waals surface area contributed by atoms with E-state index in [9.17, 15) is 4.79 Å². The molecule has 5 aliphatic rings. The van der Waals surface area contributed by atoms with E-state index >= 15 is 0 Å². The van der Waals surface area contributed by atoms with Gasteiger partial charge in [0, 0.05) is 18.5 Å². The Bertz CT molecular complexity index is 421. The van der Waals surface area contributed by atoms with Gasteiger partial charge in [0.2, 0.25) is 5.91 Å². The summed E-state index contributed by atoms with van der Waals surface area (Å²) >= 11 is 6.09. The molecule has 112 valence electrons. The van der Waals surface area contributed by atoms with Gasteiger partial charge in [0.05, 0.1) is 5.41 Å². The molecular weight excluding hydrogens is 270 g/mol. The third-order valence-electron chi connectivity index (χ3n) is 6.62. The van der Waals surface area contributed by atoms with Crippen molar-refractivity contribution in [2.45, 2.75) is 64.3 Å². The average molecular weight is 296 g/mol. The lowest BCUT2D eigenvalue weighted by molar-refractivity contribution is -0.166. The number of alkyl halides is 1. The van der Waals surface area contributed by atoms with Crippen LogP contribution in [0.25, 0.3) is 0 Å². The van der Waals surface area contributed by atoms with Crippen LogP contribution in [0.1, 0.15) is 58.3 Å². The first-order valence-electron chi connectivity index (χ1n) is 8.41. The molecule has 1 amide bonds. The molecule has 1 saturated heterocycles. The summed E-state index contributed by atoms with van der Waals surface area (Å²) in [6, 6.07) is 0.310. The number of likely N-dealkylation sites (tertiary alicyclic amines) is 1. The SMILES string of the molecule is CC12CC3CC(C1)CC(C(=O)N1CCCC1CCl)(C3)C2. The number of nitrogens with zero attached hydrogens (tertiary/aromatic N) is 1. The van der Waals surface area contributed by atoms with E-state index in [1.807, 2.05) is 0 Å². The first kappa shape index (κ1) is 13.4. The van der Waals surface area contributed by atoms with Gasteiger partial charge < -0.3 is 4.90 Å². The van der Waals surface area contributed by atoms with Gasteiger partial charge in [-0.05, 0) is 68.6 Å². The Morgan fingerprint density at radius 2 is 1.95 bits per heavy atom. The fourth-order valence-corrected chi connectivity index (χ4v) is 6.86. The van der Waals surface area contributed by atoms with Crippen LogP contribution < -0.4 is 0 Å². The lowest BCUT2D eigenvalue weighted by Gasteiger charge is -2.61. The molecule has 3 unspecified atom stereocenters. The van der Waals surface area contributed by atoms with Crippen LogP contribution in [0.2, 0.25) is 0 Å². The summed E-state index contributed by atoms with van der Waals surface area (Å²) in [7, 11) is 0. The smallest absolute Gasteiger partial charge is 0.229 e. The van der Waals surface area contributed by atoms with Crippen LogP contribution >= 0.6 is 11.6 Å². The monoisotopic (exact) mass is 295 g/mol. The lowest BCUT2D eigenvalue weighted by atomic mass is 9.44. The van der Waals surface area contributed by atoms with Gasteiger partial charge in [-0.1, -0.05) is 6.92 Å². The molecule has 5 rings (SSSR count). The second kappa shape index (κ2) is 4.38. The maximum atomic E-state index is 13.3. The van der Waals surface area contributed by atoms with Crippen molar-refractivity contribution >= 4 is 17.5 Å². The Labute approximate surface area is 127 Å². The van der Waals surface area contributed by atoms with Gasteiger partial charge >= 0.3 is 0 Å². The molecule has 3 heteroatoms. The Morgan fingerprint density at radius 3 is 2.55 bits per heavy atom. The van der Waals surface area contributed by atoms with E-state index in [-0.39, 0.29) is 5.41 Å². The Balaban J connectivity index is 1.62. The van der Waals surface area contributed by atoms with E-state index in [1.165, 1.54) is 32.1 Å². The molecule has 4 saturated carbocycles. The first-order valence-corrected chi connectivity index (χ1v) is 8.94. The number of hydrogen-bond acceptors (Lipinski definition) is 1. The van der Waals surface area contributed by atoms with Crippen molar-refractivity contribution in [2.24, 2.45) is 22.7 Å². The molecule has 0 aromatic rings. The van der Waals surface area contributed by atoms with Crippen LogP contribution in [0.3, 0.4) is 0 Å². The standard InChI is InChI=1S/C17H26ClNO/c1-16-6-12-5-13(7-16)9-17(8-12,11-16)15(20)19-4-2-3-14(19)10-18/h12-14H,2-11H2,1H3. The molecule has 0 radical (unpaired) electrons. The highest BCUT2D eigenvalue weighted by atomic mass is 35.5. The van der Waals surface area contributed by atoms with Gasteiger partial charge in [0.15, 0.2) is 0 Å². The lowest BCUT2D eigenvalue weighted by Crippen LogP contribution is -2.58. The molecular formula is C17H26ClNO. The van der Waals surface area contributed by atoms with E-state index < -0.39 is 0 Å². The highest BCUT2D eigenvalue weighted by Gasteiger charge is 2.60. The largest absolute Gasteiger partial charge is 0.338 e. The molecule has 4 bridgehead atoms. The summed E-state index contributed by atoms with van der Waals surface area (Å²) in [5, 5.41) is 0. The number of carbonyl (C=O) groups excluding carboxylic acids is 1. The zero-order chi connectivity index (χ0) is 14.0. The Kier molecular flexibility index (Phi) is 2.94. The first-order chi connectivity index (χ1) is 9.54. The predicted molar refractivity (Wildman–Crippen MR) is 80.7 cm³/mol. The third-order valence-corrected chi connectivity index (χ3v) is 6.98. The van der Waals surface area contributed by atoms with Crippen molar-refractivity contribution in [3.8, 4) is 0 Å². The second-order valence-corrected chi connectivity index (χ2v) is 8.81. The average Bonchev–Trinajstić information content (AvgIpc) is 2.82. The van der Waals surface area contributed by atoms with Crippen LogP contribution in [0.15, 0.2) is 0 Å². The number of halogens is 1. The van der Waals surface area contributed by atoms with Crippen LogP contribution in [0, 0.1) is 22.7 Å². The molecule has 3 atom stereocenters. The summed E-state index contributed by atoms with van der Waals surface area (Å²) in [6.07, 6.45) is 9.88. The van der Waals surface area contributed by atoms with Gasteiger partial charge in [-0.3, -0.25) is 4.79 Å². The topological polar surface area (TPSA) is 20.3 Å². The Hall–Kier alpha value is -0.240. The molecule has 0 N–H and O–H groups in total. The third kappa shape index (κ3) is 1.86. The summed E-state index contributed by atoms with van der Waals surface area (Å²) < 4.78 is 0. The minimum atomic E-state index is -0.00647. The van der Waals surface area contributed by atoms with Crippen molar-refractivity contribution in [2.75, 3.05) is 12.4 Å². The van der Waals surface area contributed by atoms with Gasteiger partial charge in [0.1, 0.15) is 0 Å². The quantitative estimate of drug-likeness (QED) is 0.709. The number of hydrogen-bond donors (Lipinski definition) is 0. The zero-order valence-electron chi connectivity index (χ0n) is 12.5. The van der Waals surface area contributed by atoms with Crippen molar-refractivity contribution in [3.05, 3.63) is 0 Å². The van der Waals surface area contributed by atoms with E-state index in [2.05, 4.69) is 11.8 Å². The summed E-state index contributed by atoms with van der Waals surface area (Å²) in [6.45, 7) is 3.39. The summed E-state index contributed by atoms with van der Waals surface area (Å²) in [4.78, 5) is 15.4. The minimum absolute atomic E-state index is 0.00647. The van der Waals surface area contributed by atoms with Crippen LogP contribution in [-0.4, -0.2) is 29.3 Å². The second-order valence-electron chi connectivity index (χ2n) is 8.50. The van der Waals surface area contributed by atoms with Crippen molar-refractivity contribution in [1.82, 2.24) is 4.90 Å². The molecule has 0 aromatic carbocycles. The van der Waals surface area contributed by atoms with Crippen molar-refractivity contribution in [1.29, 1.82) is 0 Å². The predicted octanol–water partition coefficient (Wildman–Crippen LogP) is 3.82. The van der Waals surface area contributed by atoms with E-state index in [1.54, 1.807) is 0 Å². The minimum Gasteiger partial charge on any atom is -0.338 e. The van der Waals surface area contributed by atoms with Gasteiger partial charge in [-0.25, -0.2) is 0 Å². The molecule has 1 aliphatic heterocycles. The van der Waals surface area contributed by atoms with E-state index in [4.69, 9.17) is 11.6 Å². The fraction of sp³-hybridized carbons (Fsp3) is 0.941. The van der Waals surface area contributed by atoms with Crippen molar-refractivity contribution in [3.63, 3.8) is 0 Å². The van der Waals surface area contributed by atoms with E-state index in [0.29, 0.717) is 23.2 Å². The highest BCUT2D eigenvalue weighted by Crippen LogP contribution is 2.65. The maximum Gasteiger partial charge on any atom is 0.229 e. The van der Waals surface area contributed by atoms with Crippen LogP contribution in [0.4, 0.5) is 0 Å². The molecule has 4 aliphatic carbocycles. The van der Waals surface area contributed by atoms with Gasteiger partial charge in [-0.2, -0.15) is 0 Å². The molecule has 0 aromatic heterocycles. The summed E-state index contributed by atoms with van der Waals surface area (Å²) in [5.74, 6) is 2.73. The molecule has 1 heterocycles. The maximum absolute atomic E-state index is 13.3. The molecule has 0 spiro atoms. The number of rotatable bonds is 2. The zero-order valence-corrected chi connectivity index (χ0v) is 13.3. The normalized spacial score (nSPS) is 49.9. The molecule has 5 fully saturated rings. The summed E-state index contributed by atoms with van der Waals surface area (Å²) in [5.41, 5.74) is 0.448. The van der Waals surface area contributed by atoms with Crippen LogP contribution in [-0.2, 0) is 4.79 Å².